The van der Waals surface area contributed by atoms with E-state index >= 15 is 0 Å². The molecule has 1 aromatic carbocycles. The summed E-state index contributed by atoms with van der Waals surface area (Å²) in [4.78, 5) is 38.5. The molecule has 9 nitrogen and oxygen atoms in total. The lowest BCUT2D eigenvalue weighted by Gasteiger charge is -2.35. The number of amides is 3. The molecule has 0 radical (unpaired) electrons. The maximum Gasteiger partial charge on any atom is 0.397 e. The van der Waals surface area contributed by atoms with E-state index < -0.39 is 6.04 Å². The number of ether oxygens (including phenoxy) is 1. The van der Waals surface area contributed by atoms with Crippen LogP contribution < -0.4 is 4.90 Å². The summed E-state index contributed by atoms with van der Waals surface area (Å²) in [6.45, 7) is 9.73. The van der Waals surface area contributed by atoms with Crippen LogP contribution in [0.5, 0.6) is 0 Å². The second kappa shape index (κ2) is 7.72. The number of aliphatic imine (C=N–C) groups is 1. The third-order valence-corrected chi connectivity index (χ3v) is 6.59. The molecule has 4 heterocycles. The predicted molar refractivity (Wildman–Crippen MR) is 117 cm³/mol. The van der Waals surface area contributed by atoms with Crippen LogP contribution in [0.1, 0.15) is 11.1 Å². The Morgan fingerprint density at radius 1 is 1.13 bits per heavy atom. The average Bonchev–Trinajstić information content (AvgIpc) is 3.34. The number of rotatable bonds is 4. The van der Waals surface area contributed by atoms with Crippen molar-refractivity contribution in [1.82, 2.24) is 14.7 Å². The van der Waals surface area contributed by atoms with Crippen molar-refractivity contribution < 1.29 is 18.9 Å². The van der Waals surface area contributed by atoms with Gasteiger partial charge in [-0.2, -0.15) is 0 Å². The van der Waals surface area contributed by atoms with Gasteiger partial charge in [-0.25, -0.2) is 14.3 Å². The summed E-state index contributed by atoms with van der Waals surface area (Å²) in [5.41, 5.74) is 3.45. The van der Waals surface area contributed by atoms with E-state index in [1.807, 2.05) is 4.58 Å². The number of benzene rings is 1. The molecule has 0 aliphatic carbocycles. The standard InChI is InChI=1S/C22H29N6O3/c1-15-4-5-16(2)17(14-15)26-8-9-27-18-19(23-21(26)27)24(3)22(30)28(20(18)29)7-6-25-10-12-31-13-11-25/h4-5,14,18H,6-13H2,1-3H3/q+1. The molecule has 5 rings (SSSR count). The number of fused-ring (bicyclic) bond motifs is 2. The van der Waals surface area contributed by atoms with Crippen LogP contribution in [-0.4, -0.2) is 109 Å². The molecule has 0 spiro atoms. The number of imide groups is 1. The number of likely N-dealkylation sites (N-methyl/N-ethyl adjacent to an activating group) is 1. The fraction of sp³-hybridized carbons (Fsp3) is 0.545. The highest BCUT2D eigenvalue weighted by molar-refractivity contribution is 6.24. The monoisotopic (exact) mass is 425 g/mol. The lowest BCUT2D eigenvalue weighted by Crippen LogP contribution is -2.63. The first-order valence-corrected chi connectivity index (χ1v) is 10.9. The number of hydrogen-bond acceptors (Lipinski definition) is 6. The van der Waals surface area contributed by atoms with E-state index in [0.717, 1.165) is 36.8 Å². The molecular formula is C22H29N6O3+. The van der Waals surface area contributed by atoms with E-state index in [4.69, 9.17) is 9.73 Å². The summed E-state index contributed by atoms with van der Waals surface area (Å²) < 4.78 is 7.44. The Bertz CT molecular complexity index is 997. The highest BCUT2D eigenvalue weighted by Crippen LogP contribution is 2.29. The van der Waals surface area contributed by atoms with Gasteiger partial charge in [0.25, 0.3) is 5.91 Å². The number of carbonyl (C=O) groups excluding carboxylic acids is 2. The van der Waals surface area contributed by atoms with Crippen LogP contribution in [0, 0.1) is 13.8 Å². The molecule has 0 saturated carbocycles. The van der Waals surface area contributed by atoms with E-state index in [2.05, 4.69) is 41.8 Å². The molecule has 1 unspecified atom stereocenters. The predicted octanol–water partition coefficient (Wildman–Crippen LogP) is 0.499. The van der Waals surface area contributed by atoms with Gasteiger partial charge in [-0.15, -0.1) is 0 Å². The lowest BCUT2D eigenvalue weighted by molar-refractivity contribution is -0.525. The van der Waals surface area contributed by atoms with Gasteiger partial charge in [0.1, 0.15) is 12.2 Å². The van der Waals surface area contributed by atoms with Gasteiger partial charge in [-0.1, -0.05) is 17.1 Å². The zero-order valence-electron chi connectivity index (χ0n) is 18.4. The maximum atomic E-state index is 13.4. The maximum absolute atomic E-state index is 13.4. The Hall–Kier alpha value is -2.78. The van der Waals surface area contributed by atoms with Crippen molar-refractivity contribution in [2.45, 2.75) is 19.9 Å². The number of anilines is 1. The first-order chi connectivity index (χ1) is 15.0. The van der Waals surface area contributed by atoms with Crippen LogP contribution in [0.25, 0.3) is 0 Å². The largest absolute Gasteiger partial charge is 0.397 e. The van der Waals surface area contributed by atoms with Gasteiger partial charge in [0, 0.05) is 33.2 Å². The summed E-state index contributed by atoms with van der Waals surface area (Å²) in [5.74, 6) is 1.12. The number of carbonyl (C=O) groups is 2. The Morgan fingerprint density at radius 2 is 1.90 bits per heavy atom. The number of aryl methyl sites for hydroxylation is 2. The zero-order chi connectivity index (χ0) is 21.7. The summed E-state index contributed by atoms with van der Waals surface area (Å²) >= 11 is 0. The molecular weight excluding hydrogens is 396 g/mol. The van der Waals surface area contributed by atoms with Crippen LogP contribution in [0.2, 0.25) is 0 Å². The van der Waals surface area contributed by atoms with Crippen molar-refractivity contribution in [3.8, 4) is 0 Å². The first kappa shape index (κ1) is 20.1. The van der Waals surface area contributed by atoms with Gasteiger partial charge in [0.05, 0.1) is 19.8 Å². The van der Waals surface area contributed by atoms with Crippen molar-refractivity contribution in [2.75, 3.05) is 64.4 Å². The smallest absolute Gasteiger partial charge is 0.379 e. The summed E-state index contributed by atoms with van der Waals surface area (Å²) in [6, 6.07) is 5.53. The average molecular weight is 426 g/mol. The summed E-state index contributed by atoms with van der Waals surface area (Å²) in [6.07, 6.45) is 0. The Labute approximate surface area is 182 Å². The fourth-order valence-corrected chi connectivity index (χ4v) is 4.77. The zero-order valence-corrected chi connectivity index (χ0v) is 18.4. The molecule has 164 valence electrons. The minimum absolute atomic E-state index is 0.173. The van der Waals surface area contributed by atoms with Crippen molar-refractivity contribution in [2.24, 2.45) is 4.99 Å². The molecule has 4 aliphatic rings. The molecule has 2 fully saturated rings. The molecule has 0 N–H and O–H groups in total. The highest BCUT2D eigenvalue weighted by atomic mass is 16.5. The number of amidine groups is 1. The van der Waals surface area contributed by atoms with Crippen molar-refractivity contribution in [1.29, 1.82) is 0 Å². The molecule has 4 aliphatic heterocycles. The molecule has 2 saturated heterocycles. The van der Waals surface area contributed by atoms with E-state index in [9.17, 15) is 9.59 Å². The van der Waals surface area contributed by atoms with Crippen molar-refractivity contribution >= 4 is 29.4 Å². The third kappa shape index (κ3) is 3.32. The number of morpholine rings is 1. The highest BCUT2D eigenvalue weighted by Gasteiger charge is 2.55. The number of urea groups is 1. The molecule has 0 bridgehead atoms. The van der Waals surface area contributed by atoms with Gasteiger partial charge in [-0.3, -0.25) is 19.5 Å². The minimum Gasteiger partial charge on any atom is -0.379 e. The van der Waals surface area contributed by atoms with Crippen LogP contribution in [0.15, 0.2) is 23.2 Å². The molecule has 1 aromatic rings. The van der Waals surface area contributed by atoms with Gasteiger partial charge in [-0.05, 0) is 31.0 Å². The first-order valence-electron chi connectivity index (χ1n) is 10.9. The molecule has 31 heavy (non-hydrogen) atoms. The Morgan fingerprint density at radius 3 is 2.68 bits per heavy atom. The van der Waals surface area contributed by atoms with E-state index in [0.29, 0.717) is 38.7 Å². The lowest BCUT2D eigenvalue weighted by atomic mass is 10.1. The van der Waals surface area contributed by atoms with E-state index in [-0.39, 0.29) is 11.9 Å². The number of nitrogens with zero attached hydrogens (tertiary/aromatic N) is 6. The van der Waals surface area contributed by atoms with Gasteiger partial charge < -0.3 is 4.74 Å². The van der Waals surface area contributed by atoms with Gasteiger partial charge in [0.15, 0.2) is 0 Å². The second-order valence-corrected chi connectivity index (χ2v) is 8.59. The second-order valence-electron chi connectivity index (χ2n) is 8.59. The summed E-state index contributed by atoms with van der Waals surface area (Å²) in [7, 11) is 1.72. The SMILES string of the molecule is Cc1ccc(C)c(N2CC[N+]3=C2N=C2C3C(=O)N(CCN3CCOCC3)C(=O)N2C)c1. The molecule has 0 aromatic heterocycles. The van der Waals surface area contributed by atoms with Crippen LogP contribution >= 0.6 is 0 Å². The third-order valence-electron chi connectivity index (χ3n) is 6.59. The fourth-order valence-electron chi connectivity index (χ4n) is 4.77. The molecule has 9 heteroatoms. The van der Waals surface area contributed by atoms with Gasteiger partial charge >= 0.3 is 12.0 Å². The Balaban J connectivity index is 1.41. The van der Waals surface area contributed by atoms with Crippen LogP contribution in [-0.2, 0) is 9.53 Å². The molecule has 1 atom stereocenters. The number of hydrogen-bond donors (Lipinski definition) is 0. The van der Waals surface area contributed by atoms with Crippen molar-refractivity contribution in [3.63, 3.8) is 0 Å². The normalized spacial score (nSPS) is 24.2. The molecule has 3 amide bonds. The summed E-state index contributed by atoms with van der Waals surface area (Å²) in [5, 5.41) is 0. The van der Waals surface area contributed by atoms with Crippen LogP contribution in [0.4, 0.5) is 10.5 Å². The van der Waals surface area contributed by atoms with E-state index in [1.54, 1.807) is 7.05 Å². The van der Waals surface area contributed by atoms with Crippen LogP contribution in [0.3, 0.4) is 0 Å². The Kier molecular flexibility index (Phi) is 5.02. The minimum atomic E-state index is -0.530. The van der Waals surface area contributed by atoms with Gasteiger partial charge in [0.2, 0.25) is 11.9 Å². The topological polar surface area (TPSA) is 71.7 Å². The quantitative estimate of drug-likeness (QED) is 0.657. The van der Waals surface area contributed by atoms with E-state index in [1.165, 1.54) is 15.4 Å². The van der Waals surface area contributed by atoms with Crippen molar-refractivity contribution in [3.05, 3.63) is 29.3 Å². The number of guanidine groups is 1.